The summed E-state index contributed by atoms with van der Waals surface area (Å²) in [5.74, 6) is -5.07. The highest BCUT2D eigenvalue weighted by molar-refractivity contribution is 5.89. The lowest BCUT2D eigenvalue weighted by Crippen LogP contribution is -2.06. The Hall–Kier alpha value is -2.63. The van der Waals surface area contributed by atoms with Gasteiger partial charge in [0.15, 0.2) is 17.4 Å². The van der Waals surface area contributed by atoms with Gasteiger partial charge in [0.2, 0.25) is 0 Å². The molecule has 0 aliphatic heterocycles. The van der Waals surface area contributed by atoms with Crippen LogP contribution in [0.2, 0.25) is 0 Å². The highest BCUT2D eigenvalue weighted by Gasteiger charge is 2.21. The molecule has 3 rings (SSSR count). The van der Waals surface area contributed by atoms with E-state index >= 15 is 0 Å². The number of benzene rings is 3. The van der Waals surface area contributed by atoms with Crippen LogP contribution in [0.1, 0.15) is 18.9 Å². The van der Waals surface area contributed by atoms with Gasteiger partial charge in [-0.1, -0.05) is 37.6 Å². The van der Waals surface area contributed by atoms with Crippen molar-refractivity contribution in [3.05, 3.63) is 65.5 Å². The molecule has 0 bridgehead atoms. The fraction of sp³-hybridized carbons (Fsp3) is 0.200. The Morgan fingerprint density at radius 3 is 2.19 bits per heavy atom. The van der Waals surface area contributed by atoms with Crippen molar-refractivity contribution in [1.29, 1.82) is 0 Å². The maximum Gasteiger partial charge on any atom is 0.387 e. The van der Waals surface area contributed by atoms with Crippen LogP contribution in [0.15, 0.2) is 42.5 Å². The normalized spacial score (nSPS) is 11.3. The first kappa shape index (κ1) is 18.2. The number of hydrogen-bond acceptors (Lipinski definition) is 1. The molecule has 0 aromatic heterocycles. The SMILES string of the molecule is CCCc1ccc(-c2cc(F)c3c(F)c(OC(F)F)c(F)cc3c2)cc1. The van der Waals surface area contributed by atoms with Gasteiger partial charge in [-0.2, -0.15) is 8.78 Å². The minimum Gasteiger partial charge on any atom is -0.429 e. The van der Waals surface area contributed by atoms with Gasteiger partial charge in [-0.05, 0) is 46.7 Å². The van der Waals surface area contributed by atoms with E-state index in [0.717, 1.165) is 30.5 Å². The van der Waals surface area contributed by atoms with Crippen LogP contribution in [0.3, 0.4) is 0 Å². The molecule has 26 heavy (non-hydrogen) atoms. The molecule has 0 fully saturated rings. The van der Waals surface area contributed by atoms with E-state index in [4.69, 9.17) is 0 Å². The van der Waals surface area contributed by atoms with Crippen LogP contribution in [0, 0.1) is 17.5 Å². The van der Waals surface area contributed by atoms with E-state index in [-0.39, 0.29) is 5.39 Å². The van der Waals surface area contributed by atoms with Gasteiger partial charge in [-0.25, -0.2) is 13.2 Å². The number of ether oxygens (including phenoxy) is 1. The van der Waals surface area contributed by atoms with Crippen LogP contribution in [-0.2, 0) is 6.42 Å². The molecule has 0 atom stereocenters. The summed E-state index contributed by atoms with van der Waals surface area (Å²) in [4.78, 5) is 0. The molecule has 0 N–H and O–H groups in total. The van der Waals surface area contributed by atoms with Crippen LogP contribution >= 0.6 is 0 Å². The second-order valence-electron chi connectivity index (χ2n) is 5.88. The van der Waals surface area contributed by atoms with Crippen molar-refractivity contribution in [2.75, 3.05) is 0 Å². The first-order valence-corrected chi connectivity index (χ1v) is 8.06. The van der Waals surface area contributed by atoms with E-state index in [0.29, 0.717) is 11.1 Å². The van der Waals surface area contributed by atoms with Crippen molar-refractivity contribution in [3.8, 4) is 16.9 Å². The lowest BCUT2D eigenvalue weighted by atomic mass is 9.98. The van der Waals surface area contributed by atoms with Crippen molar-refractivity contribution in [2.24, 2.45) is 0 Å². The lowest BCUT2D eigenvalue weighted by molar-refractivity contribution is -0.0544. The molecule has 0 saturated carbocycles. The quantitative estimate of drug-likeness (QED) is 0.470. The van der Waals surface area contributed by atoms with E-state index in [2.05, 4.69) is 11.7 Å². The molecule has 136 valence electrons. The monoisotopic (exact) mass is 366 g/mol. The molecule has 3 aromatic carbocycles. The fourth-order valence-electron chi connectivity index (χ4n) is 2.91. The number of rotatable bonds is 5. The van der Waals surface area contributed by atoms with E-state index in [1.807, 2.05) is 12.1 Å². The van der Waals surface area contributed by atoms with Crippen molar-refractivity contribution >= 4 is 10.8 Å². The third-order valence-corrected chi connectivity index (χ3v) is 4.07. The Balaban J connectivity index is 2.10. The van der Waals surface area contributed by atoms with Crippen LogP contribution in [0.25, 0.3) is 21.9 Å². The van der Waals surface area contributed by atoms with E-state index in [9.17, 15) is 22.0 Å². The predicted octanol–water partition coefficient (Wildman–Crippen LogP) is 6.48. The molecular weight excluding hydrogens is 351 g/mol. The highest BCUT2D eigenvalue weighted by atomic mass is 19.3. The van der Waals surface area contributed by atoms with Crippen LogP contribution in [0.4, 0.5) is 22.0 Å². The van der Waals surface area contributed by atoms with Crippen molar-refractivity contribution in [2.45, 2.75) is 26.4 Å². The maximum absolute atomic E-state index is 14.4. The summed E-state index contributed by atoms with van der Waals surface area (Å²) < 4.78 is 71.1. The van der Waals surface area contributed by atoms with Gasteiger partial charge in [-0.3, -0.25) is 0 Å². The molecule has 0 aliphatic carbocycles. The standard InChI is InChI=1S/C20H15F5O/c1-2-3-11-4-6-12(7-5-11)13-8-14-10-16(22)19(26-20(24)25)18(23)17(14)15(21)9-13/h4-10,20H,2-3H2,1H3. The maximum atomic E-state index is 14.4. The van der Waals surface area contributed by atoms with E-state index < -0.39 is 35.2 Å². The van der Waals surface area contributed by atoms with Gasteiger partial charge >= 0.3 is 6.61 Å². The average Bonchev–Trinajstić information content (AvgIpc) is 2.58. The van der Waals surface area contributed by atoms with Crippen LogP contribution in [-0.4, -0.2) is 6.61 Å². The van der Waals surface area contributed by atoms with E-state index in [1.54, 1.807) is 12.1 Å². The Kier molecular flexibility index (Phi) is 5.11. The Labute approximate surface area is 147 Å². The van der Waals surface area contributed by atoms with Crippen molar-refractivity contribution in [3.63, 3.8) is 0 Å². The van der Waals surface area contributed by atoms with Crippen molar-refractivity contribution < 1.29 is 26.7 Å². The first-order valence-electron chi connectivity index (χ1n) is 8.06. The molecule has 3 aromatic rings. The largest absolute Gasteiger partial charge is 0.429 e. The highest BCUT2D eigenvalue weighted by Crippen LogP contribution is 2.35. The Morgan fingerprint density at radius 2 is 1.58 bits per heavy atom. The van der Waals surface area contributed by atoms with Gasteiger partial charge in [0.05, 0.1) is 5.39 Å². The molecule has 6 heteroatoms. The number of hydrogen-bond donors (Lipinski definition) is 0. The van der Waals surface area contributed by atoms with Gasteiger partial charge in [0.25, 0.3) is 0 Å². The topological polar surface area (TPSA) is 9.23 Å². The van der Waals surface area contributed by atoms with Gasteiger partial charge in [-0.15, -0.1) is 0 Å². The van der Waals surface area contributed by atoms with Crippen LogP contribution in [0.5, 0.6) is 5.75 Å². The number of alkyl halides is 2. The summed E-state index contributed by atoms with van der Waals surface area (Å²) in [6, 6.07) is 10.7. The molecule has 0 saturated heterocycles. The zero-order valence-corrected chi connectivity index (χ0v) is 13.8. The zero-order chi connectivity index (χ0) is 18.8. The van der Waals surface area contributed by atoms with Gasteiger partial charge < -0.3 is 4.74 Å². The smallest absolute Gasteiger partial charge is 0.387 e. The fourth-order valence-corrected chi connectivity index (χ4v) is 2.91. The predicted molar refractivity (Wildman–Crippen MR) is 89.9 cm³/mol. The number of fused-ring (bicyclic) bond motifs is 1. The molecule has 0 radical (unpaired) electrons. The molecular formula is C20H15F5O. The molecule has 0 spiro atoms. The number of aryl methyl sites for hydroxylation is 1. The van der Waals surface area contributed by atoms with Gasteiger partial charge in [0, 0.05) is 0 Å². The average molecular weight is 366 g/mol. The second kappa shape index (κ2) is 7.32. The summed E-state index contributed by atoms with van der Waals surface area (Å²) in [7, 11) is 0. The van der Waals surface area contributed by atoms with Crippen LogP contribution < -0.4 is 4.74 Å². The molecule has 1 nitrogen and oxygen atoms in total. The molecule has 0 amide bonds. The summed E-state index contributed by atoms with van der Waals surface area (Å²) in [5, 5.41) is -0.664. The molecule has 0 heterocycles. The second-order valence-corrected chi connectivity index (χ2v) is 5.88. The lowest BCUT2D eigenvalue weighted by Gasteiger charge is -2.12. The summed E-state index contributed by atoms with van der Waals surface area (Å²) >= 11 is 0. The van der Waals surface area contributed by atoms with Gasteiger partial charge in [0.1, 0.15) is 5.82 Å². The molecule has 0 unspecified atom stereocenters. The Morgan fingerprint density at radius 1 is 0.885 bits per heavy atom. The van der Waals surface area contributed by atoms with E-state index in [1.165, 1.54) is 6.07 Å². The van der Waals surface area contributed by atoms with Crippen molar-refractivity contribution in [1.82, 2.24) is 0 Å². The zero-order valence-electron chi connectivity index (χ0n) is 13.8. The minimum absolute atomic E-state index is 0.0748. The Bertz CT molecular complexity index is 935. The first-order chi connectivity index (χ1) is 12.4. The molecule has 0 aliphatic rings. The third kappa shape index (κ3) is 3.49. The summed E-state index contributed by atoms with van der Waals surface area (Å²) in [6.45, 7) is -1.36. The number of halogens is 5. The summed E-state index contributed by atoms with van der Waals surface area (Å²) in [6.07, 6.45) is 1.90. The third-order valence-electron chi connectivity index (χ3n) is 4.07. The summed E-state index contributed by atoms with van der Waals surface area (Å²) in [5.41, 5.74) is 2.24. The minimum atomic E-state index is -3.42.